The molecule has 0 bridgehead atoms. The lowest BCUT2D eigenvalue weighted by molar-refractivity contribution is 0.0628. The fourth-order valence-corrected chi connectivity index (χ4v) is 8.41. The zero-order valence-electron chi connectivity index (χ0n) is 27.6. The van der Waals surface area contributed by atoms with Gasteiger partial charge in [-0.15, -0.1) is 0 Å². The van der Waals surface area contributed by atoms with Gasteiger partial charge in [0.15, 0.2) is 27.2 Å². The van der Waals surface area contributed by atoms with E-state index >= 15 is 0 Å². The van der Waals surface area contributed by atoms with Gasteiger partial charge in [0, 0.05) is 69.3 Å². The zero-order valence-corrected chi connectivity index (χ0v) is 28.4. The second-order valence-electron chi connectivity index (χ2n) is 13.3. The van der Waals surface area contributed by atoms with E-state index in [-0.39, 0.29) is 40.4 Å². The number of likely N-dealkylation sites (tertiary alicyclic amines) is 1. The van der Waals surface area contributed by atoms with E-state index in [1.165, 1.54) is 13.2 Å². The molecule has 0 spiro atoms. The number of nitrogens with zero attached hydrogens (tertiary/aromatic N) is 3. The molecule has 49 heavy (non-hydrogen) atoms. The number of nitrogens with one attached hydrogen (secondary N) is 1. The molecule has 1 aliphatic carbocycles. The zero-order chi connectivity index (χ0) is 34.1. The molecule has 2 aliphatic heterocycles. The van der Waals surface area contributed by atoms with Crippen molar-refractivity contribution in [3.8, 4) is 5.75 Å². The number of amides is 2. The summed E-state index contributed by atoms with van der Waals surface area (Å²) in [6.07, 6.45) is 3.05. The monoisotopic (exact) mass is 688 g/mol. The fraction of sp³-hybridized carbons (Fsp3) is 0.405. The van der Waals surface area contributed by atoms with E-state index in [1.54, 1.807) is 42.5 Å². The highest BCUT2D eigenvalue weighted by molar-refractivity contribution is 7.92. The van der Waals surface area contributed by atoms with Gasteiger partial charge in [0.05, 0.1) is 17.3 Å². The van der Waals surface area contributed by atoms with Crippen LogP contribution in [0.5, 0.6) is 5.75 Å². The van der Waals surface area contributed by atoms with Gasteiger partial charge in [-0.25, -0.2) is 12.8 Å². The summed E-state index contributed by atoms with van der Waals surface area (Å²) in [5.41, 5.74) is 3.02. The predicted molar refractivity (Wildman–Crippen MR) is 183 cm³/mol. The van der Waals surface area contributed by atoms with Crippen molar-refractivity contribution < 1.29 is 31.6 Å². The van der Waals surface area contributed by atoms with Crippen molar-refractivity contribution >= 4 is 32.6 Å². The van der Waals surface area contributed by atoms with E-state index in [4.69, 9.17) is 9.15 Å². The number of benzene rings is 3. The number of fused-ring (bicyclic) bond motifs is 1. The van der Waals surface area contributed by atoms with Crippen molar-refractivity contribution in [1.29, 1.82) is 0 Å². The van der Waals surface area contributed by atoms with Crippen LogP contribution < -0.4 is 10.1 Å². The van der Waals surface area contributed by atoms with E-state index in [2.05, 4.69) is 15.1 Å². The number of carbonyl (C=O) groups is 2. The Morgan fingerprint density at radius 3 is 2.18 bits per heavy atom. The molecule has 3 aromatic carbocycles. The van der Waals surface area contributed by atoms with Crippen molar-refractivity contribution in [2.45, 2.75) is 55.0 Å². The number of hydrogen-bond acceptors (Lipinski definition) is 8. The van der Waals surface area contributed by atoms with Crippen LogP contribution in [-0.2, 0) is 22.9 Å². The second-order valence-corrected chi connectivity index (χ2v) is 15.5. The van der Waals surface area contributed by atoms with Gasteiger partial charge >= 0.3 is 0 Å². The first kappa shape index (κ1) is 33.2. The number of ether oxygens (including phenoxy) is 1. The molecule has 0 radical (unpaired) electrons. The first-order chi connectivity index (χ1) is 23.7. The number of piperidine rings is 1. The van der Waals surface area contributed by atoms with Crippen molar-refractivity contribution in [2.24, 2.45) is 0 Å². The Balaban J connectivity index is 0.886. The summed E-state index contributed by atoms with van der Waals surface area (Å²) in [5, 5.41) is 3.57. The van der Waals surface area contributed by atoms with Gasteiger partial charge in [-0.1, -0.05) is 18.2 Å². The summed E-state index contributed by atoms with van der Waals surface area (Å²) in [7, 11) is -1.74. The molecule has 3 heterocycles. The number of hydrogen-bond donors (Lipinski definition) is 1. The molecule has 2 saturated heterocycles. The quantitative estimate of drug-likeness (QED) is 0.251. The second kappa shape index (κ2) is 13.9. The minimum Gasteiger partial charge on any atom is -0.494 e. The SMILES string of the molecule is COc1ccc(CN2CCC(NC(=O)c3cc4cc(C(=O)N5CCN(Cc6ccc(S(=O)(=O)C7CC7)cc6)CC5)ccc4o3)CC2)cc1F. The Morgan fingerprint density at radius 2 is 1.51 bits per heavy atom. The maximum Gasteiger partial charge on any atom is 0.287 e. The molecule has 2 amide bonds. The Morgan fingerprint density at radius 1 is 0.837 bits per heavy atom. The normalized spacial score (nSPS) is 18.1. The number of rotatable bonds is 10. The van der Waals surface area contributed by atoms with Crippen LogP contribution in [0.4, 0.5) is 4.39 Å². The van der Waals surface area contributed by atoms with Crippen LogP contribution in [0.1, 0.15) is 57.7 Å². The number of halogens is 1. The van der Waals surface area contributed by atoms with Gasteiger partial charge in [0.1, 0.15) is 5.58 Å². The van der Waals surface area contributed by atoms with Crippen LogP contribution in [0.15, 0.2) is 76.0 Å². The molecular formula is C37H41FN4O6S. The third-order valence-corrected chi connectivity index (χ3v) is 12.1. The summed E-state index contributed by atoms with van der Waals surface area (Å²) < 4.78 is 49.9. The van der Waals surface area contributed by atoms with Gasteiger partial charge in [0.25, 0.3) is 11.8 Å². The van der Waals surface area contributed by atoms with E-state index in [9.17, 15) is 22.4 Å². The molecule has 3 aliphatic rings. The minimum absolute atomic E-state index is 0.00297. The first-order valence-corrected chi connectivity index (χ1v) is 18.4. The lowest BCUT2D eigenvalue weighted by atomic mass is 10.0. The van der Waals surface area contributed by atoms with Crippen LogP contribution in [0.2, 0.25) is 0 Å². The maximum atomic E-state index is 14.1. The highest BCUT2D eigenvalue weighted by Crippen LogP contribution is 2.33. The van der Waals surface area contributed by atoms with Gasteiger partial charge < -0.3 is 19.4 Å². The first-order valence-electron chi connectivity index (χ1n) is 16.9. The lowest BCUT2D eigenvalue weighted by Crippen LogP contribution is -2.48. The molecule has 1 saturated carbocycles. The Kier molecular flexibility index (Phi) is 9.45. The predicted octanol–water partition coefficient (Wildman–Crippen LogP) is 4.87. The highest BCUT2D eigenvalue weighted by Gasteiger charge is 2.36. The van der Waals surface area contributed by atoms with E-state index in [1.807, 2.05) is 23.1 Å². The molecule has 4 aromatic rings. The molecule has 0 atom stereocenters. The van der Waals surface area contributed by atoms with Gasteiger partial charge in [0.2, 0.25) is 0 Å². The average Bonchev–Trinajstić information content (AvgIpc) is 3.89. The van der Waals surface area contributed by atoms with Gasteiger partial charge in [-0.05, 0) is 85.3 Å². The molecule has 258 valence electrons. The molecule has 1 aromatic heterocycles. The third-order valence-electron chi connectivity index (χ3n) is 9.81. The Bertz CT molecular complexity index is 1940. The van der Waals surface area contributed by atoms with E-state index in [0.717, 1.165) is 49.9 Å². The van der Waals surface area contributed by atoms with Crippen LogP contribution >= 0.6 is 0 Å². The van der Waals surface area contributed by atoms with Crippen LogP contribution in [0.3, 0.4) is 0 Å². The summed E-state index contributed by atoms with van der Waals surface area (Å²) >= 11 is 0. The van der Waals surface area contributed by atoms with Crippen molar-refractivity contribution in [1.82, 2.24) is 20.0 Å². The minimum atomic E-state index is -3.19. The molecule has 10 nitrogen and oxygen atoms in total. The highest BCUT2D eigenvalue weighted by atomic mass is 32.2. The summed E-state index contributed by atoms with van der Waals surface area (Å²) in [4.78, 5) is 33.2. The van der Waals surface area contributed by atoms with Crippen LogP contribution in [0, 0.1) is 5.82 Å². The largest absolute Gasteiger partial charge is 0.494 e. The molecule has 3 fully saturated rings. The van der Waals surface area contributed by atoms with E-state index in [0.29, 0.717) is 60.7 Å². The van der Waals surface area contributed by atoms with Crippen LogP contribution in [0.25, 0.3) is 11.0 Å². The molecule has 12 heteroatoms. The molecule has 0 unspecified atom stereocenters. The standard InChI is InChI=1S/C37H41FN4O6S/c1-47-34-10-4-26(20-32(34)38)24-40-14-12-29(13-15-40)39-36(43)35-22-28-21-27(5-11-33(28)48-35)37(44)42-18-16-41(17-19-42)23-25-2-6-30(7-3-25)49(45,46)31-8-9-31/h2-7,10-11,20-22,29,31H,8-9,12-19,23-24H2,1H3,(H,39,43). The number of piperazine rings is 1. The van der Waals surface area contributed by atoms with Crippen molar-refractivity contribution in [3.63, 3.8) is 0 Å². The topological polar surface area (TPSA) is 112 Å². The van der Waals surface area contributed by atoms with Crippen molar-refractivity contribution in [2.75, 3.05) is 46.4 Å². The average molecular weight is 689 g/mol. The third kappa shape index (κ3) is 7.51. The smallest absolute Gasteiger partial charge is 0.287 e. The fourth-order valence-electron chi connectivity index (χ4n) is 6.75. The lowest BCUT2D eigenvalue weighted by Gasteiger charge is -2.34. The van der Waals surface area contributed by atoms with Crippen molar-refractivity contribution in [3.05, 3.63) is 95.0 Å². The number of furan rings is 1. The molecule has 1 N–H and O–H groups in total. The van der Waals surface area contributed by atoms with Crippen LogP contribution in [-0.4, -0.2) is 92.6 Å². The molecular weight excluding hydrogens is 647 g/mol. The Labute approximate surface area is 285 Å². The maximum absolute atomic E-state index is 14.1. The summed E-state index contributed by atoms with van der Waals surface area (Å²) in [5.74, 6) is -0.275. The van der Waals surface area contributed by atoms with Gasteiger partial charge in [-0.2, -0.15) is 0 Å². The number of carbonyl (C=O) groups excluding carboxylic acids is 2. The molecule has 7 rings (SSSR count). The number of sulfone groups is 1. The Hall–Kier alpha value is -4.26. The summed E-state index contributed by atoms with van der Waals surface area (Å²) in [6.45, 7) is 5.47. The van der Waals surface area contributed by atoms with Gasteiger partial charge in [-0.3, -0.25) is 19.4 Å². The number of methoxy groups -OCH3 is 1. The van der Waals surface area contributed by atoms with E-state index < -0.39 is 9.84 Å². The summed E-state index contributed by atoms with van der Waals surface area (Å²) in [6, 6.07) is 19.2.